The zero-order valence-corrected chi connectivity index (χ0v) is 9.60. The summed E-state index contributed by atoms with van der Waals surface area (Å²) in [5, 5.41) is 9.05. The third-order valence-electron chi connectivity index (χ3n) is 1.67. The minimum Gasteiger partial charge on any atom is -0.309 e. The second-order valence-electron chi connectivity index (χ2n) is 2.75. The quantitative estimate of drug-likeness (QED) is 0.448. The molecular weight excluding hydrogens is 210 g/mol. The normalized spacial score (nSPS) is 8.69. The summed E-state index contributed by atoms with van der Waals surface area (Å²) >= 11 is 0. The van der Waals surface area contributed by atoms with E-state index in [2.05, 4.69) is 4.84 Å². The van der Waals surface area contributed by atoms with Crippen molar-refractivity contribution >= 4 is 5.78 Å². The van der Waals surface area contributed by atoms with Crippen molar-refractivity contribution in [2.75, 3.05) is 0 Å². The van der Waals surface area contributed by atoms with E-state index in [9.17, 15) is 14.9 Å². The van der Waals surface area contributed by atoms with Crippen LogP contribution in [0.25, 0.3) is 0 Å². The SMILES string of the molecule is CC.CC(=O)c1cccc(CO[N+](=O)[O-])c1. The number of hydrogen-bond donors (Lipinski definition) is 0. The molecule has 0 aliphatic rings. The molecule has 0 aromatic heterocycles. The van der Waals surface area contributed by atoms with Gasteiger partial charge < -0.3 is 4.84 Å². The molecule has 0 aliphatic carbocycles. The van der Waals surface area contributed by atoms with Crippen LogP contribution in [-0.4, -0.2) is 10.9 Å². The van der Waals surface area contributed by atoms with Crippen molar-refractivity contribution in [2.24, 2.45) is 0 Å². The lowest BCUT2D eigenvalue weighted by atomic mass is 10.1. The van der Waals surface area contributed by atoms with E-state index in [-0.39, 0.29) is 12.4 Å². The van der Waals surface area contributed by atoms with Gasteiger partial charge >= 0.3 is 0 Å². The number of rotatable bonds is 4. The van der Waals surface area contributed by atoms with E-state index in [0.29, 0.717) is 11.1 Å². The van der Waals surface area contributed by atoms with Crippen molar-refractivity contribution in [3.8, 4) is 0 Å². The number of Topliss-reactive ketones (excluding diaryl/α,β-unsaturated/α-hetero) is 1. The highest BCUT2D eigenvalue weighted by atomic mass is 16.9. The van der Waals surface area contributed by atoms with Crippen molar-refractivity contribution in [1.29, 1.82) is 0 Å². The fraction of sp³-hybridized carbons (Fsp3) is 0.364. The maximum atomic E-state index is 11.0. The van der Waals surface area contributed by atoms with Gasteiger partial charge in [0.2, 0.25) is 0 Å². The van der Waals surface area contributed by atoms with Gasteiger partial charge in [0, 0.05) is 5.56 Å². The van der Waals surface area contributed by atoms with Gasteiger partial charge in [-0.25, -0.2) is 0 Å². The standard InChI is InChI=1S/C9H9NO4.C2H6/c1-7(11)9-4-2-3-8(5-9)6-14-10(12)13;1-2/h2-5H,6H2,1H3;1-2H3. The highest BCUT2D eigenvalue weighted by Gasteiger charge is 2.01. The number of ketones is 1. The Morgan fingerprint density at radius 1 is 1.44 bits per heavy atom. The van der Waals surface area contributed by atoms with Crippen LogP contribution in [0.3, 0.4) is 0 Å². The van der Waals surface area contributed by atoms with Gasteiger partial charge in [-0.05, 0) is 18.6 Å². The monoisotopic (exact) mass is 225 g/mol. The summed E-state index contributed by atoms with van der Waals surface area (Å²) in [5.41, 5.74) is 1.13. The summed E-state index contributed by atoms with van der Waals surface area (Å²) in [6, 6.07) is 6.55. The van der Waals surface area contributed by atoms with Crippen LogP contribution < -0.4 is 0 Å². The predicted molar refractivity (Wildman–Crippen MR) is 59.6 cm³/mol. The fourth-order valence-electron chi connectivity index (χ4n) is 1.01. The predicted octanol–water partition coefficient (Wildman–Crippen LogP) is 2.62. The van der Waals surface area contributed by atoms with E-state index < -0.39 is 5.09 Å². The lowest BCUT2D eigenvalue weighted by Crippen LogP contribution is -2.01. The van der Waals surface area contributed by atoms with Crippen molar-refractivity contribution in [2.45, 2.75) is 27.4 Å². The van der Waals surface area contributed by atoms with Gasteiger partial charge in [0.15, 0.2) is 5.78 Å². The summed E-state index contributed by atoms with van der Waals surface area (Å²) in [5.74, 6) is -0.0760. The van der Waals surface area contributed by atoms with E-state index in [4.69, 9.17) is 0 Å². The molecule has 0 saturated heterocycles. The molecule has 0 unspecified atom stereocenters. The highest BCUT2D eigenvalue weighted by Crippen LogP contribution is 2.07. The number of carbonyl (C=O) groups excluding carboxylic acids is 1. The first kappa shape index (κ1) is 14.1. The average Bonchev–Trinajstić information content (AvgIpc) is 2.29. The average molecular weight is 225 g/mol. The number of benzene rings is 1. The van der Waals surface area contributed by atoms with Gasteiger partial charge in [-0.1, -0.05) is 32.0 Å². The van der Waals surface area contributed by atoms with Gasteiger partial charge in [0.05, 0.1) is 0 Å². The Kier molecular flexibility index (Phi) is 6.51. The summed E-state index contributed by atoms with van der Waals surface area (Å²) in [4.78, 5) is 25.0. The number of hydrogen-bond acceptors (Lipinski definition) is 4. The van der Waals surface area contributed by atoms with Crippen LogP contribution in [0, 0.1) is 10.1 Å². The van der Waals surface area contributed by atoms with Gasteiger partial charge in [0.25, 0.3) is 5.09 Å². The molecule has 1 rings (SSSR count). The molecule has 5 nitrogen and oxygen atoms in total. The van der Waals surface area contributed by atoms with Crippen LogP contribution in [0.2, 0.25) is 0 Å². The number of nitrogens with zero attached hydrogens (tertiary/aromatic N) is 1. The lowest BCUT2D eigenvalue weighted by molar-refractivity contribution is -0.763. The Labute approximate surface area is 94.1 Å². The third kappa shape index (κ3) is 5.09. The maximum absolute atomic E-state index is 11.0. The highest BCUT2D eigenvalue weighted by molar-refractivity contribution is 5.94. The molecule has 0 aliphatic heterocycles. The van der Waals surface area contributed by atoms with Crippen molar-refractivity contribution in [3.05, 3.63) is 45.5 Å². The minimum atomic E-state index is -0.861. The zero-order valence-electron chi connectivity index (χ0n) is 9.60. The Morgan fingerprint density at radius 2 is 2.06 bits per heavy atom. The molecule has 5 heteroatoms. The van der Waals surface area contributed by atoms with Crippen LogP contribution in [-0.2, 0) is 11.4 Å². The molecule has 0 fully saturated rings. The molecule has 0 amide bonds. The first-order valence-corrected chi connectivity index (χ1v) is 4.97. The Balaban J connectivity index is 0.00000106. The maximum Gasteiger partial charge on any atom is 0.294 e. The van der Waals surface area contributed by atoms with Gasteiger partial charge in [-0.2, -0.15) is 0 Å². The van der Waals surface area contributed by atoms with E-state index in [1.807, 2.05) is 13.8 Å². The van der Waals surface area contributed by atoms with Crippen LogP contribution in [0.1, 0.15) is 36.7 Å². The van der Waals surface area contributed by atoms with Gasteiger partial charge in [0.1, 0.15) is 6.61 Å². The number of carbonyl (C=O) groups is 1. The van der Waals surface area contributed by atoms with Crippen molar-refractivity contribution in [3.63, 3.8) is 0 Å². The molecule has 0 saturated carbocycles. The van der Waals surface area contributed by atoms with E-state index in [1.165, 1.54) is 6.92 Å². The van der Waals surface area contributed by atoms with Crippen molar-refractivity contribution in [1.82, 2.24) is 0 Å². The second-order valence-corrected chi connectivity index (χ2v) is 2.75. The first-order valence-electron chi connectivity index (χ1n) is 4.97. The van der Waals surface area contributed by atoms with E-state index in [1.54, 1.807) is 24.3 Å². The molecule has 16 heavy (non-hydrogen) atoms. The second kappa shape index (κ2) is 7.39. The van der Waals surface area contributed by atoms with Gasteiger partial charge in [-0.3, -0.25) is 4.79 Å². The van der Waals surface area contributed by atoms with E-state index >= 15 is 0 Å². The Morgan fingerprint density at radius 3 is 2.56 bits per heavy atom. The summed E-state index contributed by atoms with van der Waals surface area (Å²) in [6.45, 7) is 5.31. The van der Waals surface area contributed by atoms with Crippen LogP contribution in [0.5, 0.6) is 0 Å². The Hall–Kier alpha value is -1.91. The van der Waals surface area contributed by atoms with Crippen LogP contribution >= 0.6 is 0 Å². The van der Waals surface area contributed by atoms with Crippen molar-refractivity contribution < 1.29 is 14.7 Å². The third-order valence-corrected chi connectivity index (χ3v) is 1.67. The molecule has 0 heterocycles. The molecule has 0 bridgehead atoms. The summed E-state index contributed by atoms with van der Waals surface area (Å²) in [7, 11) is 0. The summed E-state index contributed by atoms with van der Waals surface area (Å²) < 4.78 is 0. The minimum absolute atomic E-state index is 0.0760. The molecule has 88 valence electrons. The van der Waals surface area contributed by atoms with Crippen LogP contribution in [0.15, 0.2) is 24.3 Å². The molecule has 0 atom stereocenters. The van der Waals surface area contributed by atoms with E-state index in [0.717, 1.165) is 0 Å². The molecular formula is C11H15NO4. The summed E-state index contributed by atoms with van der Waals surface area (Å²) in [6.07, 6.45) is 0. The molecule has 1 aromatic rings. The topological polar surface area (TPSA) is 69.4 Å². The molecule has 0 spiro atoms. The Bertz CT molecular complexity index is 363. The smallest absolute Gasteiger partial charge is 0.294 e. The molecule has 0 N–H and O–H groups in total. The fourth-order valence-corrected chi connectivity index (χ4v) is 1.01. The first-order chi connectivity index (χ1) is 7.59. The van der Waals surface area contributed by atoms with Gasteiger partial charge in [-0.15, -0.1) is 10.1 Å². The molecule has 0 radical (unpaired) electrons. The largest absolute Gasteiger partial charge is 0.309 e. The molecule has 1 aromatic carbocycles. The lowest BCUT2D eigenvalue weighted by Gasteiger charge is -2.01. The van der Waals surface area contributed by atoms with Crippen LogP contribution in [0.4, 0.5) is 0 Å². The zero-order chi connectivity index (χ0) is 12.6.